The first-order valence-corrected chi connectivity index (χ1v) is 7.53. The van der Waals surface area contributed by atoms with Gasteiger partial charge in [-0.25, -0.2) is 0 Å². The van der Waals surface area contributed by atoms with Gasteiger partial charge < -0.3 is 9.73 Å². The van der Waals surface area contributed by atoms with Crippen molar-refractivity contribution in [2.75, 3.05) is 6.54 Å². The molecule has 1 unspecified atom stereocenters. The van der Waals surface area contributed by atoms with Crippen molar-refractivity contribution in [3.8, 4) is 0 Å². The third-order valence-electron chi connectivity index (χ3n) is 3.08. The van der Waals surface area contributed by atoms with Gasteiger partial charge in [0.1, 0.15) is 0 Å². The quantitative estimate of drug-likeness (QED) is 0.818. The van der Waals surface area contributed by atoms with Gasteiger partial charge in [0.25, 0.3) is 0 Å². The van der Waals surface area contributed by atoms with Gasteiger partial charge in [0.05, 0.1) is 12.3 Å². The summed E-state index contributed by atoms with van der Waals surface area (Å²) in [6, 6.07) is 8.24. The van der Waals surface area contributed by atoms with E-state index in [2.05, 4.69) is 34.2 Å². The van der Waals surface area contributed by atoms with Crippen LogP contribution in [0.5, 0.6) is 0 Å². The van der Waals surface area contributed by atoms with Gasteiger partial charge in [0.2, 0.25) is 0 Å². The average Bonchev–Trinajstić information content (AvgIpc) is 2.80. The van der Waals surface area contributed by atoms with Crippen LogP contribution in [0.4, 0.5) is 0 Å². The topological polar surface area (TPSA) is 25.2 Å². The van der Waals surface area contributed by atoms with E-state index in [1.165, 1.54) is 0 Å². The maximum Gasteiger partial charge on any atom is 0.174 e. The van der Waals surface area contributed by atoms with Crippen molar-refractivity contribution < 1.29 is 4.42 Å². The zero-order chi connectivity index (χ0) is 13.8. The highest BCUT2D eigenvalue weighted by Crippen LogP contribution is 2.31. The van der Waals surface area contributed by atoms with Crippen LogP contribution in [0.1, 0.15) is 36.1 Å². The second kappa shape index (κ2) is 6.60. The largest absolute Gasteiger partial charge is 0.457 e. The van der Waals surface area contributed by atoms with Crippen LogP contribution in [0.15, 0.2) is 39.6 Å². The highest BCUT2D eigenvalue weighted by Gasteiger charge is 2.18. The number of hydrogen-bond donors (Lipinski definition) is 1. The van der Waals surface area contributed by atoms with E-state index in [1.807, 2.05) is 25.1 Å². The van der Waals surface area contributed by atoms with Crippen molar-refractivity contribution in [2.45, 2.75) is 26.3 Å². The lowest BCUT2D eigenvalue weighted by Gasteiger charge is -2.19. The minimum atomic E-state index is 0.0891. The molecule has 0 aliphatic heterocycles. The van der Waals surface area contributed by atoms with Gasteiger partial charge in [-0.3, -0.25) is 0 Å². The summed E-state index contributed by atoms with van der Waals surface area (Å²) in [5, 5.41) is 4.32. The third-order valence-corrected chi connectivity index (χ3v) is 4.14. The van der Waals surface area contributed by atoms with E-state index in [0.717, 1.165) is 39.3 Å². The molecule has 0 saturated carbocycles. The normalized spacial score (nSPS) is 12.6. The van der Waals surface area contributed by atoms with E-state index in [4.69, 9.17) is 16.0 Å². The molecule has 0 fully saturated rings. The molecule has 102 valence electrons. The minimum absolute atomic E-state index is 0.0891. The van der Waals surface area contributed by atoms with Gasteiger partial charge in [0, 0.05) is 10.6 Å². The lowest BCUT2D eigenvalue weighted by atomic mass is 10.00. The summed E-state index contributed by atoms with van der Waals surface area (Å²) in [6.07, 6.45) is 2.77. The molecule has 19 heavy (non-hydrogen) atoms. The van der Waals surface area contributed by atoms with Crippen LogP contribution < -0.4 is 5.32 Å². The Morgan fingerprint density at radius 2 is 2.16 bits per heavy atom. The van der Waals surface area contributed by atoms with Crippen LogP contribution in [0.25, 0.3) is 0 Å². The van der Waals surface area contributed by atoms with Crippen molar-refractivity contribution in [3.63, 3.8) is 0 Å². The van der Waals surface area contributed by atoms with Crippen LogP contribution in [0.2, 0.25) is 5.02 Å². The lowest BCUT2D eigenvalue weighted by Crippen LogP contribution is -2.23. The zero-order valence-electron chi connectivity index (χ0n) is 11.0. The van der Waals surface area contributed by atoms with E-state index in [9.17, 15) is 0 Å². The Hall–Kier alpha value is -0.770. The summed E-state index contributed by atoms with van der Waals surface area (Å²) in [4.78, 5) is 0. The second-order valence-electron chi connectivity index (χ2n) is 4.55. The summed E-state index contributed by atoms with van der Waals surface area (Å²) in [5.74, 6) is 0. The minimum Gasteiger partial charge on any atom is -0.457 e. The van der Waals surface area contributed by atoms with Crippen LogP contribution in [0.3, 0.4) is 0 Å². The van der Waals surface area contributed by atoms with Crippen molar-refractivity contribution >= 4 is 27.5 Å². The van der Waals surface area contributed by atoms with Crippen LogP contribution in [-0.2, 0) is 0 Å². The molecular formula is C15H17BrClNO. The third kappa shape index (κ3) is 3.41. The van der Waals surface area contributed by atoms with Crippen molar-refractivity contribution in [1.82, 2.24) is 5.32 Å². The molecule has 0 amide bonds. The van der Waals surface area contributed by atoms with Gasteiger partial charge in [-0.15, -0.1) is 0 Å². The number of nitrogens with one attached hydrogen (secondary N) is 1. The van der Waals surface area contributed by atoms with E-state index in [-0.39, 0.29) is 6.04 Å². The number of halogens is 2. The van der Waals surface area contributed by atoms with E-state index < -0.39 is 0 Å². The molecule has 2 rings (SSSR count). The maximum absolute atomic E-state index is 6.23. The molecule has 1 aromatic heterocycles. The summed E-state index contributed by atoms with van der Waals surface area (Å²) >= 11 is 9.68. The maximum atomic E-state index is 6.23. The first kappa shape index (κ1) is 14.6. The molecule has 0 spiro atoms. The number of aryl methyl sites for hydroxylation is 1. The number of hydrogen-bond acceptors (Lipinski definition) is 2. The Kier molecular flexibility index (Phi) is 5.08. The monoisotopic (exact) mass is 341 g/mol. The fourth-order valence-electron chi connectivity index (χ4n) is 2.00. The van der Waals surface area contributed by atoms with Gasteiger partial charge in [-0.2, -0.15) is 0 Å². The number of benzene rings is 1. The molecule has 0 aliphatic carbocycles. The summed E-state index contributed by atoms with van der Waals surface area (Å²) in [5.41, 5.74) is 3.32. The average molecular weight is 343 g/mol. The second-order valence-corrected chi connectivity index (χ2v) is 5.67. The van der Waals surface area contributed by atoms with E-state index in [0.29, 0.717) is 0 Å². The molecule has 0 aliphatic rings. The summed E-state index contributed by atoms with van der Waals surface area (Å²) in [7, 11) is 0. The van der Waals surface area contributed by atoms with Gasteiger partial charge in [0.15, 0.2) is 4.67 Å². The Balaban J connectivity index is 2.37. The first-order valence-electron chi connectivity index (χ1n) is 6.35. The highest BCUT2D eigenvalue weighted by molar-refractivity contribution is 9.10. The Labute approximate surface area is 127 Å². The fourth-order valence-corrected chi connectivity index (χ4v) is 2.65. The molecule has 0 radical (unpaired) electrons. The van der Waals surface area contributed by atoms with Gasteiger partial charge >= 0.3 is 0 Å². The van der Waals surface area contributed by atoms with E-state index >= 15 is 0 Å². The van der Waals surface area contributed by atoms with Crippen LogP contribution >= 0.6 is 27.5 Å². The fraction of sp³-hybridized carbons (Fsp3) is 0.333. The molecule has 0 bridgehead atoms. The highest BCUT2D eigenvalue weighted by atomic mass is 79.9. The molecule has 2 nitrogen and oxygen atoms in total. The Morgan fingerprint density at radius 3 is 2.74 bits per heavy atom. The zero-order valence-corrected chi connectivity index (χ0v) is 13.4. The van der Waals surface area contributed by atoms with Crippen molar-refractivity contribution in [3.05, 3.63) is 56.9 Å². The standard InChI is InChI=1S/C15H17BrClNO/c1-3-7-18-14(12-6-8-19-15(12)16)11-5-4-10(2)13(17)9-11/h4-6,8-9,14,18H,3,7H2,1-2H3. The molecule has 2 aromatic rings. The molecule has 0 saturated heterocycles. The molecule has 1 heterocycles. The van der Waals surface area contributed by atoms with Crippen LogP contribution in [-0.4, -0.2) is 6.54 Å². The number of rotatable bonds is 5. The molecule has 4 heteroatoms. The predicted octanol–water partition coefficient (Wildman–Crippen LogP) is 5.09. The van der Waals surface area contributed by atoms with Crippen molar-refractivity contribution in [1.29, 1.82) is 0 Å². The molecule has 1 atom stereocenters. The SMILES string of the molecule is CCCNC(c1ccc(C)c(Cl)c1)c1ccoc1Br. The molecular weight excluding hydrogens is 326 g/mol. The lowest BCUT2D eigenvalue weighted by molar-refractivity contribution is 0.523. The predicted molar refractivity (Wildman–Crippen MR) is 82.7 cm³/mol. The molecule has 1 aromatic carbocycles. The Morgan fingerprint density at radius 1 is 1.37 bits per heavy atom. The summed E-state index contributed by atoms with van der Waals surface area (Å²) < 4.78 is 6.11. The van der Waals surface area contributed by atoms with Gasteiger partial charge in [-0.05, 0) is 59.1 Å². The first-order chi connectivity index (χ1) is 9.13. The van der Waals surface area contributed by atoms with E-state index in [1.54, 1.807) is 6.26 Å². The number of furan rings is 1. The van der Waals surface area contributed by atoms with Gasteiger partial charge in [-0.1, -0.05) is 30.7 Å². The van der Waals surface area contributed by atoms with Crippen LogP contribution in [0, 0.1) is 6.92 Å². The summed E-state index contributed by atoms with van der Waals surface area (Å²) in [6.45, 7) is 5.10. The Bertz CT molecular complexity index is 553. The van der Waals surface area contributed by atoms with Crippen molar-refractivity contribution in [2.24, 2.45) is 0 Å². The smallest absolute Gasteiger partial charge is 0.174 e. The molecule has 1 N–H and O–H groups in total.